The van der Waals surface area contributed by atoms with Crippen molar-refractivity contribution >= 4 is 15.7 Å². The van der Waals surface area contributed by atoms with Gasteiger partial charge >= 0.3 is 0 Å². The first kappa shape index (κ1) is 20.4. The van der Waals surface area contributed by atoms with Crippen molar-refractivity contribution in [3.63, 3.8) is 0 Å². The lowest BCUT2D eigenvalue weighted by molar-refractivity contribution is 0.0680. The Bertz CT molecular complexity index is 896. The van der Waals surface area contributed by atoms with E-state index in [1.165, 1.54) is 0 Å². The Morgan fingerprint density at radius 3 is 2.61 bits per heavy atom. The van der Waals surface area contributed by atoms with E-state index in [4.69, 9.17) is 4.74 Å². The van der Waals surface area contributed by atoms with E-state index in [0.717, 1.165) is 18.4 Å². The van der Waals surface area contributed by atoms with Crippen molar-refractivity contribution in [2.24, 2.45) is 0 Å². The molecule has 1 saturated heterocycles. The minimum Gasteiger partial charge on any atom is -0.494 e. The van der Waals surface area contributed by atoms with Gasteiger partial charge in [-0.3, -0.25) is 4.79 Å². The van der Waals surface area contributed by atoms with Crippen LogP contribution >= 0.6 is 0 Å². The molecule has 2 aromatic rings. The lowest BCUT2D eigenvalue weighted by Gasteiger charge is -2.28. The normalized spacial score (nSPS) is 18.0. The fourth-order valence-corrected chi connectivity index (χ4v) is 5.12. The van der Waals surface area contributed by atoms with Gasteiger partial charge in [-0.05, 0) is 36.6 Å². The van der Waals surface area contributed by atoms with Gasteiger partial charge in [-0.25, -0.2) is 8.42 Å². The molecule has 0 N–H and O–H groups in total. The van der Waals surface area contributed by atoms with E-state index >= 15 is 0 Å². The molecule has 150 valence electrons. The Morgan fingerprint density at radius 2 is 1.93 bits per heavy atom. The van der Waals surface area contributed by atoms with E-state index < -0.39 is 9.84 Å². The lowest BCUT2D eigenvalue weighted by atomic mass is 10.1. The molecule has 0 spiro atoms. The first-order chi connectivity index (χ1) is 13.5. The smallest absolute Gasteiger partial charge is 0.254 e. The molecule has 5 nitrogen and oxygen atoms in total. The first-order valence-corrected chi connectivity index (χ1v) is 11.6. The molecule has 0 bridgehead atoms. The number of carbonyl (C=O) groups is 1. The first-order valence-electron chi connectivity index (χ1n) is 9.76. The van der Waals surface area contributed by atoms with Gasteiger partial charge in [-0.1, -0.05) is 49.7 Å². The minimum absolute atomic E-state index is 0.0261. The highest BCUT2D eigenvalue weighted by Crippen LogP contribution is 2.24. The fourth-order valence-electron chi connectivity index (χ4n) is 3.39. The highest BCUT2D eigenvalue weighted by molar-refractivity contribution is 7.91. The van der Waals surface area contributed by atoms with Crippen LogP contribution in [-0.2, 0) is 16.4 Å². The number of unbranched alkanes of at least 4 members (excludes halogenated alkanes) is 1. The average Bonchev–Trinajstić information content (AvgIpc) is 3.06. The molecule has 0 aliphatic carbocycles. The van der Waals surface area contributed by atoms with Gasteiger partial charge < -0.3 is 9.64 Å². The number of amides is 1. The predicted octanol–water partition coefficient (Wildman–Crippen LogP) is 3.70. The van der Waals surface area contributed by atoms with Gasteiger partial charge in [-0.15, -0.1) is 0 Å². The van der Waals surface area contributed by atoms with Crippen molar-refractivity contribution in [2.75, 3.05) is 18.1 Å². The number of hydrogen-bond acceptors (Lipinski definition) is 4. The molecule has 3 rings (SSSR count). The molecule has 0 radical (unpaired) electrons. The molecule has 28 heavy (non-hydrogen) atoms. The van der Waals surface area contributed by atoms with Crippen LogP contribution in [0.3, 0.4) is 0 Å². The Labute approximate surface area is 167 Å². The van der Waals surface area contributed by atoms with Crippen LogP contribution in [0.5, 0.6) is 5.75 Å². The van der Waals surface area contributed by atoms with Crippen molar-refractivity contribution < 1.29 is 17.9 Å². The van der Waals surface area contributed by atoms with Gasteiger partial charge in [0.15, 0.2) is 9.84 Å². The van der Waals surface area contributed by atoms with Gasteiger partial charge in [0.05, 0.1) is 18.1 Å². The fraction of sp³-hybridized carbons (Fsp3) is 0.409. The average molecular weight is 402 g/mol. The molecule has 6 heteroatoms. The van der Waals surface area contributed by atoms with Crippen LogP contribution in [0.4, 0.5) is 0 Å². The molecule has 2 aromatic carbocycles. The highest BCUT2D eigenvalue weighted by Gasteiger charge is 2.35. The lowest BCUT2D eigenvalue weighted by Crippen LogP contribution is -2.40. The molecule has 1 fully saturated rings. The zero-order chi connectivity index (χ0) is 20.0. The summed E-state index contributed by atoms with van der Waals surface area (Å²) in [4.78, 5) is 15.0. The van der Waals surface area contributed by atoms with Crippen molar-refractivity contribution in [1.29, 1.82) is 0 Å². The number of sulfone groups is 1. The van der Waals surface area contributed by atoms with Gasteiger partial charge in [0.2, 0.25) is 0 Å². The monoisotopic (exact) mass is 401 g/mol. The summed E-state index contributed by atoms with van der Waals surface area (Å²) in [5.41, 5.74) is 1.50. The number of carbonyl (C=O) groups excluding carboxylic acids is 1. The van der Waals surface area contributed by atoms with Crippen LogP contribution in [0, 0.1) is 0 Å². The topological polar surface area (TPSA) is 63.7 Å². The number of ether oxygens (including phenoxy) is 1. The van der Waals surface area contributed by atoms with Crippen molar-refractivity contribution in [2.45, 2.75) is 38.8 Å². The van der Waals surface area contributed by atoms with Gasteiger partial charge in [0.25, 0.3) is 5.91 Å². The van der Waals surface area contributed by atoms with E-state index in [0.29, 0.717) is 30.9 Å². The largest absolute Gasteiger partial charge is 0.494 e. The molecule has 0 unspecified atom stereocenters. The third kappa shape index (κ3) is 5.35. The molecule has 0 aromatic heterocycles. The maximum atomic E-state index is 13.3. The number of benzene rings is 2. The highest BCUT2D eigenvalue weighted by atomic mass is 32.2. The standard InChI is InChI=1S/C22H27NO4S/c1-2-3-13-27-21-11-7-10-19(15-21)22(24)23(16-18-8-5-4-6-9-18)20-12-14-28(25,26)17-20/h4-11,15,20H,2-3,12-14,16-17H2,1H3/t20-/m0/s1. The quantitative estimate of drug-likeness (QED) is 0.633. The SMILES string of the molecule is CCCCOc1cccc(C(=O)N(Cc2ccccc2)[C@H]2CCS(=O)(=O)C2)c1. The molecule has 1 amide bonds. The van der Waals surface area contributed by atoms with Gasteiger partial charge in [0.1, 0.15) is 5.75 Å². The maximum absolute atomic E-state index is 13.3. The van der Waals surface area contributed by atoms with Crippen LogP contribution in [0.25, 0.3) is 0 Å². The molecular weight excluding hydrogens is 374 g/mol. The second kappa shape index (κ2) is 9.24. The molecule has 1 atom stereocenters. The summed E-state index contributed by atoms with van der Waals surface area (Å²) in [6, 6.07) is 16.5. The van der Waals surface area contributed by atoms with Crippen LogP contribution in [0.15, 0.2) is 54.6 Å². The minimum atomic E-state index is -3.09. The zero-order valence-electron chi connectivity index (χ0n) is 16.2. The van der Waals surface area contributed by atoms with E-state index in [1.54, 1.807) is 23.1 Å². The van der Waals surface area contributed by atoms with E-state index in [2.05, 4.69) is 6.92 Å². The second-order valence-electron chi connectivity index (χ2n) is 7.21. The zero-order valence-corrected chi connectivity index (χ0v) is 17.0. The Kier molecular flexibility index (Phi) is 6.73. The van der Waals surface area contributed by atoms with Crippen molar-refractivity contribution in [3.8, 4) is 5.75 Å². The second-order valence-corrected chi connectivity index (χ2v) is 9.43. The Balaban J connectivity index is 1.83. The van der Waals surface area contributed by atoms with Crippen LogP contribution in [0.1, 0.15) is 42.1 Å². The van der Waals surface area contributed by atoms with Crippen LogP contribution in [0.2, 0.25) is 0 Å². The molecule has 1 heterocycles. The third-order valence-electron chi connectivity index (χ3n) is 4.95. The molecule has 1 aliphatic heterocycles. The van der Waals surface area contributed by atoms with E-state index in [1.807, 2.05) is 36.4 Å². The Morgan fingerprint density at radius 1 is 1.14 bits per heavy atom. The van der Waals surface area contributed by atoms with Gasteiger partial charge in [-0.2, -0.15) is 0 Å². The van der Waals surface area contributed by atoms with Crippen LogP contribution in [-0.4, -0.2) is 43.4 Å². The van der Waals surface area contributed by atoms with Crippen molar-refractivity contribution in [1.82, 2.24) is 4.90 Å². The van der Waals surface area contributed by atoms with Gasteiger partial charge in [0, 0.05) is 18.2 Å². The summed E-state index contributed by atoms with van der Waals surface area (Å²) in [6.07, 6.45) is 2.48. The van der Waals surface area contributed by atoms with E-state index in [-0.39, 0.29) is 23.5 Å². The summed E-state index contributed by atoms with van der Waals surface area (Å²) in [7, 11) is -3.09. The number of nitrogens with zero attached hydrogens (tertiary/aromatic N) is 1. The molecule has 1 aliphatic rings. The number of rotatable bonds is 8. The van der Waals surface area contributed by atoms with E-state index in [9.17, 15) is 13.2 Å². The predicted molar refractivity (Wildman–Crippen MR) is 110 cm³/mol. The van der Waals surface area contributed by atoms with Crippen LogP contribution < -0.4 is 4.74 Å². The summed E-state index contributed by atoms with van der Waals surface area (Å²) in [5.74, 6) is 0.666. The summed E-state index contributed by atoms with van der Waals surface area (Å²) in [5, 5.41) is 0. The Hall–Kier alpha value is -2.34. The summed E-state index contributed by atoms with van der Waals surface area (Å²) >= 11 is 0. The molecule has 0 saturated carbocycles. The summed E-state index contributed by atoms with van der Waals surface area (Å²) in [6.45, 7) is 3.10. The van der Waals surface area contributed by atoms with Crippen molar-refractivity contribution in [3.05, 3.63) is 65.7 Å². The number of hydrogen-bond donors (Lipinski definition) is 0. The summed E-state index contributed by atoms with van der Waals surface area (Å²) < 4.78 is 29.7. The maximum Gasteiger partial charge on any atom is 0.254 e. The third-order valence-corrected chi connectivity index (χ3v) is 6.70. The molecular formula is C22H27NO4S.